The summed E-state index contributed by atoms with van der Waals surface area (Å²) in [6.45, 7) is 0. The van der Waals surface area contributed by atoms with Crippen LogP contribution in [0.15, 0.2) is 9.95 Å². The zero-order chi connectivity index (χ0) is 10.1. The number of aromatic nitrogens is 5. The van der Waals surface area contributed by atoms with E-state index in [1.165, 1.54) is 11.8 Å². The molecule has 0 aliphatic heterocycles. The van der Waals surface area contributed by atoms with Crippen molar-refractivity contribution in [1.29, 1.82) is 5.26 Å². The summed E-state index contributed by atoms with van der Waals surface area (Å²) in [5.74, 6) is 0.110. The van der Waals surface area contributed by atoms with Gasteiger partial charge in [-0.05, 0) is 6.26 Å². The predicted molar refractivity (Wildman–Crippen MR) is 57.7 cm³/mol. The summed E-state index contributed by atoms with van der Waals surface area (Å²) < 4.78 is 0.970. The SMILES string of the molecule is CSc1nc2[n-]nc(C#N)c(=O)n2n1.O.O.O.[Na+]. The maximum absolute atomic E-state index is 11.4. The Labute approximate surface area is 127 Å². The van der Waals surface area contributed by atoms with E-state index in [1.807, 2.05) is 0 Å². The zero-order valence-electron chi connectivity index (χ0n) is 9.50. The van der Waals surface area contributed by atoms with Crippen molar-refractivity contribution in [3.63, 3.8) is 0 Å². The third kappa shape index (κ3) is 3.75. The molecule has 0 atom stereocenters. The van der Waals surface area contributed by atoms with E-state index in [2.05, 4.69) is 20.3 Å². The van der Waals surface area contributed by atoms with Crippen molar-refractivity contribution in [1.82, 2.24) is 24.8 Å². The van der Waals surface area contributed by atoms with Gasteiger partial charge in [-0.15, -0.1) is 11.8 Å². The van der Waals surface area contributed by atoms with Crippen LogP contribution in [0.5, 0.6) is 0 Å². The van der Waals surface area contributed by atoms with E-state index in [-0.39, 0.29) is 57.5 Å². The van der Waals surface area contributed by atoms with E-state index in [9.17, 15) is 4.79 Å². The molecular weight excluding hydrogens is 275 g/mol. The van der Waals surface area contributed by atoms with Crippen molar-refractivity contribution in [2.75, 3.05) is 6.26 Å². The van der Waals surface area contributed by atoms with E-state index in [4.69, 9.17) is 5.26 Å². The third-order valence-electron chi connectivity index (χ3n) is 1.49. The zero-order valence-corrected chi connectivity index (χ0v) is 12.3. The summed E-state index contributed by atoms with van der Waals surface area (Å²) in [6, 6.07) is 1.63. The summed E-state index contributed by atoms with van der Waals surface area (Å²) in [7, 11) is 0. The van der Waals surface area contributed by atoms with Gasteiger partial charge in [0, 0.05) is 0 Å². The fourth-order valence-electron chi connectivity index (χ4n) is 0.881. The Kier molecular flexibility index (Phi) is 11.1. The summed E-state index contributed by atoms with van der Waals surface area (Å²) >= 11 is 1.28. The molecule has 0 bridgehead atoms. The van der Waals surface area contributed by atoms with Crippen LogP contribution in [0.25, 0.3) is 5.78 Å². The van der Waals surface area contributed by atoms with Gasteiger partial charge in [-0.2, -0.15) is 5.26 Å². The van der Waals surface area contributed by atoms with E-state index >= 15 is 0 Å². The Morgan fingerprint density at radius 2 is 2.00 bits per heavy atom. The van der Waals surface area contributed by atoms with Crippen LogP contribution in [0.3, 0.4) is 0 Å². The molecule has 2 aromatic heterocycles. The van der Waals surface area contributed by atoms with Gasteiger partial charge < -0.3 is 21.4 Å². The minimum Gasteiger partial charge on any atom is -0.412 e. The summed E-state index contributed by atoms with van der Waals surface area (Å²) in [5, 5.41) is 19.8. The monoisotopic (exact) mass is 284 g/mol. The second kappa shape index (κ2) is 9.00. The normalized spacial score (nSPS) is 8.00. The molecule has 0 aliphatic rings. The fraction of sp³-hybridized carbons (Fsp3) is 0.167. The molecule has 2 heterocycles. The molecule has 10 nitrogen and oxygen atoms in total. The van der Waals surface area contributed by atoms with Crippen molar-refractivity contribution in [3.05, 3.63) is 16.0 Å². The molecule has 0 amide bonds. The molecule has 0 spiro atoms. The maximum atomic E-state index is 11.4. The molecule has 0 aliphatic carbocycles. The summed E-state index contributed by atoms with van der Waals surface area (Å²) in [5.41, 5.74) is -0.875. The molecule has 0 fully saturated rings. The van der Waals surface area contributed by atoms with Crippen molar-refractivity contribution in [2.24, 2.45) is 0 Å². The van der Waals surface area contributed by atoms with Crippen molar-refractivity contribution < 1.29 is 46.0 Å². The Morgan fingerprint density at radius 1 is 1.39 bits per heavy atom. The number of nitriles is 1. The number of thioether (sulfide) groups is 1. The van der Waals surface area contributed by atoms with Gasteiger partial charge in [0.2, 0.25) is 0 Å². The molecule has 6 N–H and O–H groups in total. The van der Waals surface area contributed by atoms with Gasteiger partial charge in [0.05, 0.1) is 5.78 Å². The van der Waals surface area contributed by atoms with Crippen LogP contribution in [-0.2, 0) is 0 Å². The van der Waals surface area contributed by atoms with E-state index in [0.29, 0.717) is 5.16 Å². The Hall–Kier alpha value is -1.000. The van der Waals surface area contributed by atoms with Crippen LogP contribution in [0, 0.1) is 11.3 Å². The molecule has 0 saturated carbocycles. The van der Waals surface area contributed by atoms with Crippen LogP contribution in [0.4, 0.5) is 0 Å². The molecule has 12 heteroatoms. The van der Waals surface area contributed by atoms with Crippen LogP contribution >= 0.6 is 11.8 Å². The van der Waals surface area contributed by atoms with Gasteiger partial charge in [0.1, 0.15) is 11.2 Å². The first kappa shape index (κ1) is 22.2. The first-order chi connectivity index (χ1) is 6.76. The number of hydrogen-bond acceptors (Lipinski definition) is 6. The Balaban J connectivity index is -0.000000562. The van der Waals surface area contributed by atoms with E-state index in [1.54, 1.807) is 12.3 Å². The fourth-order valence-corrected chi connectivity index (χ4v) is 1.22. The molecule has 0 saturated heterocycles. The molecule has 0 unspecified atom stereocenters. The van der Waals surface area contributed by atoms with Crippen LogP contribution in [0.1, 0.15) is 5.69 Å². The summed E-state index contributed by atoms with van der Waals surface area (Å²) in [4.78, 5) is 15.3. The minimum atomic E-state index is -0.592. The predicted octanol–water partition coefficient (Wildman–Crippen LogP) is -6.43. The number of rotatable bonds is 1. The van der Waals surface area contributed by atoms with Crippen molar-refractivity contribution >= 4 is 17.5 Å². The number of fused-ring (bicyclic) bond motifs is 1. The Morgan fingerprint density at radius 3 is 2.50 bits per heavy atom. The first-order valence-electron chi connectivity index (χ1n) is 3.51. The number of nitrogens with zero attached hydrogens (tertiary/aromatic N) is 6. The van der Waals surface area contributed by atoms with E-state index in [0.717, 1.165) is 4.52 Å². The topological polar surface area (TPSA) is 193 Å². The quantitative estimate of drug-likeness (QED) is 0.366. The van der Waals surface area contributed by atoms with Crippen LogP contribution < -0.4 is 40.2 Å². The van der Waals surface area contributed by atoms with Crippen molar-refractivity contribution in [2.45, 2.75) is 5.16 Å². The van der Waals surface area contributed by atoms with Crippen LogP contribution in [0.2, 0.25) is 0 Å². The smallest absolute Gasteiger partial charge is 0.412 e. The second-order valence-corrected chi connectivity index (χ2v) is 3.05. The first-order valence-corrected chi connectivity index (χ1v) is 4.73. The van der Waals surface area contributed by atoms with Crippen LogP contribution in [-0.4, -0.2) is 42.4 Å². The molecule has 18 heavy (non-hydrogen) atoms. The third-order valence-corrected chi connectivity index (χ3v) is 2.03. The Bertz CT molecular complexity index is 592. The van der Waals surface area contributed by atoms with Gasteiger partial charge >= 0.3 is 29.6 Å². The standard InChI is InChI=1S/C6H4N6OS.Na.3H2O/c1-14-6-8-5-10-9-3(2-7)4(13)12(5)11-6;;;;/h1H3,(H,8,10,11,13);;3*1H2/q;+1;;;/p-1. The van der Waals surface area contributed by atoms with Gasteiger partial charge in [-0.1, -0.05) is 0 Å². The molecule has 0 aromatic carbocycles. The minimum absolute atomic E-state index is 0. The average molecular weight is 284 g/mol. The summed E-state index contributed by atoms with van der Waals surface area (Å²) in [6.07, 6.45) is 1.78. The van der Waals surface area contributed by atoms with Crippen molar-refractivity contribution in [3.8, 4) is 6.07 Å². The van der Waals surface area contributed by atoms with Gasteiger partial charge in [-0.3, -0.25) is 14.4 Å². The average Bonchev–Trinajstić information content (AvgIpc) is 2.62. The van der Waals surface area contributed by atoms with Gasteiger partial charge in [0.15, 0.2) is 5.69 Å². The largest absolute Gasteiger partial charge is 1.00 e. The number of hydrogen-bond donors (Lipinski definition) is 0. The molecule has 0 radical (unpaired) electrons. The molecule has 2 rings (SSSR count). The second-order valence-electron chi connectivity index (χ2n) is 2.28. The van der Waals surface area contributed by atoms with Gasteiger partial charge in [-0.25, -0.2) is 10.2 Å². The van der Waals surface area contributed by atoms with E-state index < -0.39 is 5.56 Å². The van der Waals surface area contributed by atoms with Gasteiger partial charge in [0.25, 0.3) is 5.56 Å². The molecule has 2 aromatic rings. The molecule has 94 valence electrons. The maximum Gasteiger partial charge on any atom is 1.00 e. The molecular formula is C6H9N6NaO4S.